The summed E-state index contributed by atoms with van der Waals surface area (Å²) in [6.07, 6.45) is 4.53. The topological polar surface area (TPSA) is 72.6 Å². The molecule has 0 spiro atoms. The number of nitrogens with zero attached hydrogens (tertiary/aromatic N) is 1. The van der Waals surface area contributed by atoms with E-state index in [1.807, 2.05) is 30.3 Å². The van der Waals surface area contributed by atoms with Crippen LogP contribution < -0.4 is 5.73 Å². The van der Waals surface area contributed by atoms with Gasteiger partial charge >= 0.3 is 6.09 Å². The third-order valence-corrected chi connectivity index (χ3v) is 4.83. The molecule has 3 atom stereocenters. The van der Waals surface area contributed by atoms with E-state index < -0.39 is 18.0 Å². The first-order chi connectivity index (χ1) is 10.7. The van der Waals surface area contributed by atoms with Crippen LogP contribution in [-0.4, -0.2) is 29.0 Å². The highest BCUT2D eigenvalue weighted by molar-refractivity contribution is 5.85. The van der Waals surface area contributed by atoms with Crippen LogP contribution in [0.4, 0.5) is 4.79 Å². The molecule has 1 aromatic rings. The van der Waals surface area contributed by atoms with Crippen LogP contribution in [0, 0.1) is 5.92 Å². The molecule has 1 aliphatic heterocycles. The number of carbonyl (C=O) groups is 2. The van der Waals surface area contributed by atoms with E-state index in [2.05, 4.69) is 0 Å². The number of fused-ring (bicyclic) bond motifs is 1. The molecule has 0 aromatic heterocycles. The standard InChI is InChI=1S/C17H22N2O3/c18-16(20)15-10-13-8-4-5-9-14(13)19(15)17(21)22-11-12-6-2-1-3-7-12/h1-3,6-7,13-15H,4-5,8-11H2,(H2,18,20)/t13-,14-,15+/m1/s1. The van der Waals surface area contributed by atoms with Gasteiger partial charge in [-0.05, 0) is 30.7 Å². The number of carbonyl (C=O) groups excluding carboxylic acids is 2. The zero-order valence-corrected chi connectivity index (χ0v) is 12.6. The Labute approximate surface area is 130 Å². The molecule has 2 fully saturated rings. The summed E-state index contributed by atoms with van der Waals surface area (Å²) in [5.74, 6) is -0.0402. The quantitative estimate of drug-likeness (QED) is 0.932. The molecule has 1 aliphatic carbocycles. The van der Waals surface area contributed by atoms with Crippen molar-refractivity contribution in [1.29, 1.82) is 0 Å². The summed E-state index contributed by atoms with van der Waals surface area (Å²) >= 11 is 0. The molecular formula is C17H22N2O3. The maximum atomic E-state index is 12.5. The number of amides is 2. The fraction of sp³-hybridized carbons (Fsp3) is 0.529. The normalized spacial score (nSPS) is 27.3. The minimum Gasteiger partial charge on any atom is -0.445 e. The molecule has 118 valence electrons. The SMILES string of the molecule is NC(=O)[C@@H]1C[C@H]2CCCC[C@H]2N1C(=O)OCc1ccccc1. The van der Waals surface area contributed by atoms with Gasteiger partial charge in [-0.2, -0.15) is 0 Å². The summed E-state index contributed by atoms with van der Waals surface area (Å²) in [5, 5.41) is 0. The Kier molecular flexibility index (Phi) is 4.32. The van der Waals surface area contributed by atoms with Gasteiger partial charge < -0.3 is 10.5 Å². The van der Waals surface area contributed by atoms with E-state index in [1.165, 1.54) is 6.42 Å². The molecule has 0 bridgehead atoms. The van der Waals surface area contributed by atoms with Gasteiger partial charge in [0.05, 0.1) is 0 Å². The Morgan fingerprint density at radius 3 is 2.64 bits per heavy atom. The molecule has 0 radical (unpaired) electrons. The molecule has 5 nitrogen and oxygen atoms in total. The first-order valence-electron chi connectivity index (χ1n) is 7.95. The highest BCUT2D eigenvalue weighted by atomic mass is 16.6. The van der Waals surface area contributed by atoms with Gasteiger partial charge in [0.25, 0.3) is 0 Å². The zero-order valence-electron chi connectivity index (χ0n) is 12.6. The van der Waals surface area contributed by atoms with E-state index in [0.29, 0.717) is 12.3 Å². The lowest BCUT2D eigenvalue weighted by Gasteiger charge is -2.32. The lowest BCUT2D eigenvalue weighted by molar-refractivity contribution is -0.122. The van der Waals surface area contributed by atoms with Crippen LogP contribution in [0.1, 0.15) is 37.7 Å². The Morgan fingerprint density at radius 1 is 1.18 bits per heavy atom. The number of likely N-dealkylation sites (tertiary alicyclic amines) is 1. The summed E-state index contributed by atoms with van der Waals surface area (Å²) < 4.78 is 5.42. The molecule has 1 saturated carbocycles. The van der Waals surface area contributed by atoms with Crippen LogP contribution in [0.3, 0.4) is 0 Å². The summed E-state index contributed by atoms with van der Waals surface area (Å²) in [5.41, 5.74) is 6.44. The van der Waals surface area contributed by atoms with Gasteiger partial charge in [-0.15, -0.1) is 0 Å². The Bertz CT molecular complexity index is 546. The summed E-state index contributed by atoms with van der Waals surface area (Å²) in [6, 6.07) is 9.14. The van der Waals surface area contributed by atoms with E-state index in [-0.39, 0.29) is 12.6 Å². The van der Waals surface area contributed by atoms with E-state index in [4.69, 9.17) is 10.5 Å². The minimum absolute atomic E-state index is 0.106. The van der Waals surface area contributed by atoms with Crippen LogP contribution in [0.15, 0.2) is 30.3 Å². The fourth-order valence-corrected chi connectivity index (χ4v) is 3.77. The van der Waals surface area contributed by atoms with Gasteiger partial charge in [0.1, 0.15) is 12.6 Å². The highest BCUT2D eigenvalue weighted by Crippen LogP contribution is 2.40. The smallest absolute Gasteiger partial charge is 0.411 e. The monoisotopic (exact) mass is 302 g/mol. The van der Waals surface area contributed by atoms with Crippen molar-refractivity contribution in [1.82, 2.24) is 4.90 Å². The molecule has 1 aromatic carbocycles. The number of hydrogen-bond donors (Lipinski definition) is 1. The first-order valence-corrected chi connectivity index (χ1v) is 7.95. The number of benzene rings is 1. The van der Waals surface area contributed by atoms with Gasteiger partial charge in [-0.3, -0.25) is 9.69 Å². The Morgan fingerprint density at radius 2 is 1.91 bits per heavy atom. The van der Waals surface area contributed by atoms with Crippen LogP contribution in [0.2, 0.25) is 0 Å². The molecule has 2 N–H and O–H groups in total. The lowest BCUT2D eigenvalue weighted by atomic mass is 9.85. The molecule has 22 heavy (non-hydrogen) atoms. The molecule has 1 saturated heterocycles. The first kappa shape index (κ1) is 14.9. The largest absolute Gasteiger partial charge is 0.445 e. The highest BCUT2D eigenvalue weighted by Gasteiger charge is 2.47. The van der Waals surface area contributed by atoms with Crippen molar-refractivity contribution in [3.63, 3.8) is 0 Å². The van der Waals surface area contributed by atoms with Gasteiger partial charge in [0, 0.05) is 6.04 Å². The fourth-order valence-electron chi connectivity index (χ4n) is 3.77. The Hall–Kier alpha value is -2.04. The molecule has 3 rings (SSSR count). The molecule has 1 heterocycles. The number of nitrogens with two attached hydrogens (primary N) is 1. The van der Waals surface area contributed by atoms with Crippen LogP contribution in [-0.2, 0) is 16.1 Å². The van der Waals surface area contributed by atoms with Crippen molar-refractivity contribution < 1.29 is 14.3 Å². The number of rotatable bonds is 3. The van der Waals surface area contributed by atoms with E-state index in [1.54, 1.807) is 4.90 Å². The van der Waals surface area contributed by atoms with Crippen molar-refractivity contribution in [3.05, 3.63) is 35.9 Å². The van der Waals surface area contributed by atoms with Gasteiger partial charge in [0.2, 0.25) is 5.91 Å². The maximum Gasteiger partial charge on any atom is 0.411 e. The molecular weight excluding hydrogens is 280 g/mol. The van der Waals surface area contributed by atoms with Crippen LogP contribution in [0.25, 0.3) is 0 Å². The van der Waals surface area contributed by atoms with Crippen molar-refractivity contribution in [3.8, 4) is 0 Å². The predicted molar refractivity (Wildman–Crippen MR) is 81.8 cm³/mol. The van der Waals surface area contributed by atoms with Crippen molar-refractivity contribution in [2.24, 2.45) is 11.7 Å². The maximum absolute atomic E-state index is 12.5. The van der Waals surface area contributed by atoms with Crippen molar-refractivity contribution >= 4 is 12.0 Å². The zero-order chi connectivity index (χ0) is 15.5. The second-order valence-corrected chi connectivity index (χ2v) is 6.21. The number of hydrogen-bond acceptors (Lipinski definition) is 3. The molecule has 5 heteroatoms. The van der Waals surface area contributed by atoms with Gasteiger partial charge in [-0.1, -0.05) is 43.2 Å². The third kappa shape index (κ3) is 2.93. The summed E-state index contributed by atoms with van der Waals surface area (Å²) in [6.45, 7) is 0.221. The van der Waals surface area contributed by atoms with E-state index in [0.717, 1.165) is 24.8 Å². The summed E-state index contributed by atoms with van der Waals surface area (Å²) in [4.78, 5) is 25.8. The van der Waals surface area contributed by atoms with Crippen LogP contribution in [0.5, 0.6) is 0 Å². The predicted octanol–water partition coefficient (Wildman–Crippen LogP) is 2.44. The molecule has 2 amide bonds. The average Bonchev–Trinajstić information content (AvgIpc) is 2.93. The van der Waals surface area contributed by atoms with E-state index >= 15 is 0 Å². The second-order valence-electron chi connectivity index (χ2n) is 6.21. The lowest BCUT2D eigenvalue weighted by Crippen LogP contribution is -2.48. The van der Waals surface area contributed by atoms with Crippen molar-refractivity contribution in [2.45, 2.75) is 50.8 Å². The number of primary amides is 1. The second kappa shape index (κ2) is 6.38. The van der Waals surface area contributed by atoms with Gasteiger partial charge in [-0.25, -0.2) is 4.79 Å². The number of ether oxygens (including phenoxy) is 1. The van der Waals surface area contributed by atoms with E-state index in [9.17, 15) is 9.59 Å². The molecule has 0 unspecified atom stereocenters. The minimum atomic E-state index is -0.517. The average molecular weight is 302 g/mol. The molecule has 2 aliphatic rings. The van der Waals surface area contributed by atoms with Crippen molar-refractivity contribution in [2.75, 3.05) is 0 Å². The Balaban J connectivity index is 1.69. The van der Waals surface area contributed by atoms with Gasteiger partial charge in [0.15, 0.2) is 0 Å². The third-order valence-electron chi connectivity index (χ3n) is 4.83. The summed E-state index contributed by atoms with van der Waals surface area (Å²) in [7, 11) is 0. The van der Waals surface area contributed by atoms with Crippen LogP contribution >= 0.6 is 0 Å².